The van der Waals surface area contributed by atoms with Crippen LogP contribution in [0.5, 0.6) is 0 Å². The third kappa shape index (κ3) is 1.41. The lowest BCUT2D eigenvalue weighted by Crippen LogP contribution is -2.55. The van der Waals surface area contributed by atoms with Crippen molar-refractivity contribution in [3.63, 3.8) is 0 Å². The van der Waals surface area contributed by atoms with Crippen molar-refractivity contribution >= 4 is 0 Å². The van der Waals surface area contributed by atoms with E-state index in [2.05, 4.69) is 37.3 Å². The third-order valence-corrected chi connectivity index (χ3v) is 6.20. The summed E-state index contributed by atoms with van der Waals surface area (Å²) in [7, 11) is 0. The van der Waals surface area contributed by atoms with Crippen LogP contribution in [0.15, 0.2) is 24.3 Å². The second-order valence-corrected chi connectivity index (χ2v) is 7.10. The lowest BCUT2D eigenvalue weighted by Gasteiger charge is -2.58. The Balaban J connectivity index is 1.87. The van der Waals surface area contributed by atoms with Gasteiger partial charge in [-0.15, -0.1) is 0 Å². The van der Waals surface area contributed by atoms with Crippen molar-refractivity contribution in [2.75, 3.05) is 0 Å². The summed E-state index contributed by atoms with van der Waals surface area (Å²) < 4.78 is 0. The second-order valence-electron chi connectivity index (χ2n) is 7.10. The zero-order valence-corrected chi connectivity index (χ0v) is 11.6. The van der Waals surface area contributed by atoms with E-state index < -0.39 is 0 Å². The quantitative estimate of drug-likeness (QED) is 0.733. The summed E-state index contributed by atoms with van der Waals surface area (Å²) in [5.41, 5.74) is 2.49. The van der Waals surface area contributed by atoms with Crippen LogP contribution >= 0.6 is 0 Å². The highest BCUT2D eigenvalue weighted by Crippen LogP contribution is 2.62. The standard InChI is InChI=1S/C18H21N/c1-12-4-2-3-5-17(12)18(11-19)15-7-13-6-14(9-15)10-16(18)8-13/h2-5,13-16H,6-10H2,1H3. The Morgan fingerprint density at radius 1 is 1.00 bits per heavy atom. The van der Waals surface area contributed by atoms with E-state index in [1.165, 1.54) is 43.2 Å². The van der Waals surface area contributed by atoms with Gasteiger partial charge in [-0.2, -0.15) is 5.26 Å². The smallest absolute Gasteiger partial charge is 0.0881 e. The van der Waals surface area contributed by atoms with Gasteiger partial charge in [-0.25, -0.2) is 0 Å². The van der Waals surface area contributed by atoms with Crippen LogP contribution in [0, 0.1) is 41.9 Å². The van der Waals surface area contributed by atoms with Crippen LogP contribution in [-0.4, -0.2) is 0 Å². The van der Waals surface area contributed by atoms with E-state index >= 15 is 0 Å². The number of hydrogen-bond acceptors (Lipinski definition) is 1. The van der Waals surface area contributed by atoms with Crippen molar-refractivity contribution in [2.45, 2.75) is 44.4 Å². The van der Waals surface area contributed by atoms with Crippen molar-refractivity contribution < 1.29 is 0 Å². The number of benzene rings is 1. The molecule has 4 fully saturated rings. The van der Waals surface area contributed by atoms with E-state index in [-0.39, 0.29) is 5.41 Å². The molecular formula is C18H21N. The molecule has 4 aliphatic carbocycles. The zero-order chi connectivity index (χ0) is 13.0. The van der Waals surface area contributed by atoms with E-state index in [9.17, 15) is 5.26 Å². The van der Waals surface area contributed by atoms with Gasteiger partial charge in [0.05, 0.1) is 11.5 Å². The Labute approximate surface area is 115 Å². The van der Waals surface area contributed by atoms with Crippen molar-refractivity contribution in [3.8, 4) is 6.07 Å². The Morgan fingerprint density at radius 2 is 1.58 bits per heavy atom. The van der Waals surface area contributed by atoms with Gasteiger partial charge < -0.3 is 0 Å². The van der Waals surface area contributed by atoms with Crippen LogP contribution in [0.2, 0.25) is 0 Å². The van der Waals surface area contributed by atoms with E-state index in [0.29, 0.717) is 11.8 Å². The van der Waals surface area contributed by atoms with Crippen molar-refractivity contribution in [3.05, 3.63) is 35.4 Å². The normalized spacial score (nSPS) is 43.2. The maximum Gasteiger partial charge on any atom is 0.0881 e. The van der Waals surface area contributed by atoms with E-state index in [1.54, 1.807) is 0 Å². The monoisotopic (exact) mass is 251 g/mol. The van der Waals surface area contributed by atoms with Crippen LogP contribution < -0.4 is 0 Å². The first-order chi connectivity index (χ1) is 9.24. The highest BCUT2D eigenvalue weighted by Gasteiger charge is 2.58. The molecule has 0 amide bonds. The van der Waals surface area contributed by atoms with Crippen LogP contribution in [0.4, 0.5) is 0 Å². The SMILES string of the molecule is Cc1ccccc1C1(C#N)C2CC3CC(C2)CC1C3. The fourth-order valence-electron chi connectivity index (χ4n) is 5.65. The van der Waals surface area contributed by atoms with Gasteiger partial charge in [-0.05, 0) is 73.8 Å². The highest BCUT2D eigenvalue weighted by atomic mass is 14.6. The number of nitriles is 1. The summed E-state index contributed by atoms with van der Waals surface area (Å²) >= 11 is 0. The predicted octanol–water partition coefficient (Wildman–Crippen LogP) is 4.21. The van der Waals surface area contributed by atoms with Gasteiger partial charge in [-0.3, -0.25) is 0 Å². The lowest BCUT2D eigenvalue weighted by molar-refractivity contribution is -0.0350. The molecule has 19 heavy (non-hydrogen) atoms. The Bertz CT molecular complexity index is 523. The molecule has 0 aliphatic heterocycles. The second kappa shape index (κ2) is 3.85. The molecule has 0 spiro atoms. The molecule has 0 aromatic heterocycles. The van der Waals surface area contributed by atoms with Gasteiger partial charge in [-0.1, -0.05) is 24.3 Å². The Hall–Kier alpha value is -1.29. The molecule has 98 valence electrons. The van der Waals surface area contributed by atoms with Gasteiger partial charge in [0.15, 0.2) is 0 Å². The molecule has 0 radical (unpaired) electrons. The predicted molar refractivity (Wildman–Crippen MR) is 75.5 cm³/mol. The van der Waals surface area contributed by atoms with Crippen molar-refractivity contribution in [1.29, 1.82) is 5.26 Å². The molecule has 4 aliphatic rings. The van der Waals surface area contributed by atoms with Crippen LogP contribution in [0.3, 0.4) is 0 Å². The average Bonchev–Trinajstić information content (AvgIpc) is 2.40. The van der Waals surface area contributed by atoms with Crippen LogP contribution in [-0.2, 0) is 5.41 Å². The first kappa shape index (κ1) is 11.5. The number of nitrogens with zero attached hydrogens (tertiary/aromatic N) is 1. The molecule has 0 N–H and O–H groups in total. The van der Waals surface area contributed by atoms with E-state index in [4.69, 9.17) is 0 Å². The van der Waals surface area contributed by atoms with Crippen molar-refractivity contribution in [1.82, 2.24) is 0 Å². The maximum atomic E-state index is 10.1. The molecule has 0 unspecified atom stereocenters. The minimum absolute atomic E-state index is 0.168. The molecule has 1 heteroatoms. The van der Waals surface area contributed by atoms with E-state index in [1.807, 2.05) is 0 Å². The summed E-state index contributed by atoms with van der Waals surface area (Å²) in [6, 6.07) is 11.4. The van der Waals surface area contributed by atoms with Gasteiger partial charge in [0.2, 0.25) is 0 Å². The fraction of sp³-hybridized carbons (Fsp3) is 0.611. The van der Waals surface area contributed by atoms with Gasteiger partial charge in [0, 0.05) is 0 Å². The first-order valence-corrected chi connectivity index (χ1v) is 7.71. The minimum atomic E-state index is -0.168. The third-order valence-electron chi connectivity index (χ3n) is 6.20. The maximum absolute atomic E-state index is 10.1. The van der Waals surface area contributed by atoms with Crippen LogP contribution in [0.1, 0.15) is 43.2 Å². The first-order valence-electron chi connectivity index (χ1n) is 7.71. The molecule has 1 nitrogen and oxygen atoms in total. The van der Waals surface area contributed by atoms with Crippen molar-refractivity contribution in [2.24, 2.45) is 23.7 Å². The number of aryl methyl sites for hydroxylation is 1. The fourth-order valence-corrected chi connectivity index (χ4v) is 5.65. The minimum Gasteiger partial charge on any atom is -0.197 e. The summed E-state index contributed by atoms with van der Waals surface area (Å²) in [5.74, 6) is 3.09. The number of rotatable bonds is 1. The number of hydrogen-bond donors (Lipinski definition) is 0. The largest absolute Gasteiger partial charge is 0.197 e. The average molecular weight is 251 g/mol. The molecule has 0 saturated heterocycles. The van der Waals surface area contributed by atoms with Gasteiger partial charge in [0.1, 0.15) is 0 Å². The molecule has 0 heterocycles. The van der Waals surface area contributed by atoms with Crippen LogP contribution in [0.25, 0.3) is 0 Å². The molecule has 4 bridgehead atoms. The summed E-state index contributed by atoms with van der Waals surface area (Å²) in [6.45, 7) is 2.18. The van der Waals surface area contributed by atoms with Gasteiger partial charge in [0.25, 0.3) is 0 Å². The highest BCUT2D eigenvalue weighted by molar-refractivity contribution is 5.42. The summed E-state index contributed by atoms with van der Waals surface area (Å²) in [4.78, 5) is 0. The Morgan fingerprint density at radius 3 is 2.11 bits per heavy atom. The summed E-state index contributed by atoms with van der Waals surface area (Å²) in [6.07, 6.45) is 6.65. The molecule has 1 aromatic carbocycles. The molecule has 5 rings (SSSR count). The van der Waals surface area contributed by atoms with E-state index in [0.717, 1.165) is 11.8 Å². The lowest BCUT2D eigenvalue weighted by atomic mass is 9.44. The zero-order valence-electron chi connectivity index (χ0n) is 11.6. The Kier molecular flexibility index (Phi) is 2.34. The molecular weight excluding hydrogens is 230 g/mol. The topological polar surface area (TPSA) is 23.8 Å². The molecule has 0 atom stereocenters. The molecule has 1 aromatic rings. The molecule has 4 saturated carbocycles. The summed E-state index contributed by atoms with van der Waals surface area (Å²) in [5, 5.41) is 10.1. The van der Waals surface area contributed by atoms with Gasteiger partial charge >= 0.3 is 0 Å².